The standard InChI is InChI=1S/C3H5NSe/c1-2-5-3-4-1/h3H,1-2H2. The van der Waals surface area contributed by atoms with Gasteiger partial charge < -0.3 is 0 Å². The second kappa shape index (κ2) is 1.58. The summed E-state index contributed by atoms with van der Waals surface area (Å²) < 4.78 is 0. The zero-order valence-electron chi connectivity index (χ0n) is 2.85. The van der Waals surface area contributed by atoms with Crippen LogP contribution in [-0.2, 0) is 0 Å². The molecule has 1 aliphatic rings. The van der Waals surface area contributed by atoms with Gasteiger partial charge in [0.15, 0.2) is 0 Å². The third kappa shape index (κ3) is 0.746. The van der Waals surface area contributed by atoms with E-state index in [1.54, 1.807) is 0 Å². The van der Waals surface area contributed by atoms with Crippen LogP contribution in [0.4, 0.5) is 0 Å². The van der Waals surface area contributed by atoms with E-state index in [9.17, 15) is 0 Å². The first kappa shape index (κ1) is 3.38. The van der Waals surface area contributed by atoms with E-state index >= 15 is 0 Å². The Hall–Kier alpha value is 0.189. The van der Waals surface area contributed by atoms with Gasteiger partial charge in [0, 0.05) is 0 Å². The summed E-state index contributed by atoms with van der Waals surface area (Å²) in [5.74, 6) is 0. The fourth-order valence-corrected chi connectivity index (χ4v) is 1.37. The Kier molecular flexibility index (Phi) is 1.07. The van der Waals surface area contributed by atoms with Gasteiger partial charge in [0.2, 0.25) is 0 Å². The summed E-state index contributed by atoms with van der Waals surface area (Å²) in [5, 5.41) is 3.39. The van der Waals surface area contributed by atoms with Gasteiger partial charge >= 0.3 is 36.9 Å². The molecule has 0 aromatic heterocycles. The van der Waals surface area contributed by atoms with E-state index in [2.05, 4.69) is 4.99 Å². The predicted molar refractivity (Wildman–Crippen MR) is 23.9 cm³/mol. The van der Waals surface area contributed by atoms with Gasteiger partial charge in [0.25, 0.3) is 0 Å². The minimum atomic E-state index is 0.778. The second-order valence-electron chi connectivity index (χ2n) is 0.882. The summed E-state index contributed by atoms with van der Waals surface area (Å²) in [6, 6.07) is 0. The van der Waals surface area contributed by atoms with Gasteiger partial charge in [-0.15, -0.1) is 0 Å². The SMILES string of the molecule is C1=NCC[Se]1. The average molecular weight is 134 g/mol. The van der Waals surface area contributed by atoms with Crippen molar-refractivity contribution in [3.63, 3.8) is 0 Å². The minimum absolute atomic E-state index is 0.778. The predicted octanol–water partition coefficient (Wildman–Crippen LogP) is 0.151. The average Bonchev–Trinajstić information content (AvgIpc) is 1.76. The maximum atomic E-state index is 3.99. The van der Waals surface area contributed by atoms with Crippen LogP contribution in [0.1, 0.15) is 0 Å². The quantitative estimate of drug-likeness (QED) is 0.418. The van der Waals surface area contributed by atoms with Gasteiger partial charge in [0.05, 0.1) is 0 Å². The summed E-state index contributed by atoms with van der Waals surface area (Å²) in [5.41, 5.74) is 0. The van der Waals surface area contributed by atoms with Gasteiger partial charge in [0.1, 0.15) is 0 Å². The summed E-state index contributed by atoms with van der Waals surface area (Å²) >= 11 is 0.778. The molecule has 0 aromatic carbocycles. The van der Waals surface area contributed by atoms with Gasteiger partial charge in [-0.25, -0.2) is 0 Å². The molecule has 0 aromatic rings. The molecule has 1 heterocycles. The molecule has 5 heavy (non-hydrogen) atoms. The molecule has 0 N–H and O–H groups in total. The number of aliphatic imine (C=N–C) groups is 1. The monoisotopic (exact) mass is 135 g/mol. The zero-order valence-corrected chi connectivity index (χ0v) is 4.56. The third-order valence-electron chi connectivity index (χ3n) is 0.487. The van der Waals surface area contributed by atoms with Crippen molar-refractivity contribution in [1.82, 2.24) is 0 Å². The molecule has 1 rings (SSSR count). The molecule has 0 spiro atoms. The van der Waals surface area contributed by atoms with Crippen molar-refractivity contribution in [2.45, 2.75) is 5.32 Å². The van der Waals surface area contributed by atoms with Gasteiger partial charge in [-0.05, 0) is 0 Å². The maximum absolute atomic E-state index is 3.99. The van der Waals surface area contributed by atoms with Crippen LogP contribution in [0.5, 0.6) is 0 Å². The summed E-state index contributed by atoms with van der Waals surface area (Å²) in [4.78, 5) is 3.99. The van der Waals surface area contributed by atoms with Gasteiger partial charge in [-0.3, -0.25) is 0 Å². The van der Waals surface area contributed by atoms with Crippen molar-refractivity contribution >= 4 is 20.1 Å². The third-order valence-corrected chi connectivity index (χ3v) is 1.99. The Morgan fingerprint density at radius 1 is 1.80 bits per heavy atom. The fourth-order valence-electron chi connectivity index (χ4n) is 0.264. The molecule has 28 valence electrons. The summed E-state index contributed by atoms with van der Waals surface area (Å²) in [6.07, 6.45) is 0. The molecule has 2 heteroatoms. The van der Waals surface area contributed by atoms with Crippen molar-refractivity contribution in [2.75, 3.05) is 6.54 Å². The van der Waals surface area contributed by atoms with E-state index in [4.69, 9.17) is 0 Å². The normalized spacial score (nSPS) is 20.8. The number of hydrogen-bond acceptors (Lipinski definition) is 1. The van der Waals surface area contributed by atoms with E-state index < -0.39 is 0 Å². The molecule has 0 saturated heterocycles. The van der Waals surface area contributed by atoms with Crippen LogP contribution in [0.25, 0.3) is 0 Å². The number of rotatable bonds is 0. The molecule has 0 atom stereocenters. The summed E-state index contributed by atoms with van der Waals surface area (Å²) in [7, 11) is 0. The van der Waals surface area contributed by atoms with E-state index in [1.165, 1.54) is 5.32 Å². The molecule has 0 fully saturated rings. The van der Waals surface area contributed by atoms with E-state index in [1.807, 2.05) is 5.11 Å². The Morgan fingerprint density at radius 2 is 2.80 bits per heavy atom. The molecule has 0 amide bonds. The molecule has 0 bridgehead atoms. The molecular weight excluding hydrogens is 129 g/mol. The first-order valence-electron chi connectivity index (χ1n) is 1.60. The Morgan fingerprint density at radius 3 is 3.00 bits per heavy atom. The van der Waals surface area contributed by atoms with Crippen LogP contribution in [0.3, 0.4) is 0 Å². The van der Waals surface area contributed by atoms with Crippen LogP contribution in [0.15, 0.2) is 4.99 Å². The molecule has 0 aliphatic carbocycles. The van der Waals surface area contributed by atoms with Gasteiger partial charge in [-0.1, -0.05) is 0 Å². The first-order valence-corrected chi connectivity index (χ1v) is 3.80. The van der Waals surface area contributed by atoms with Crippen molar-refractivity contribution < 1.29 is 0 Å². The Balaban J connectivity index is 2.32. The van der Waals surface area contributed by atoms with Crippen LogP contribution in [0, 0.1) is 0 Å². The summed E-state index contributed by atoms with van der Waals surface area (Å²) in [6.45, 7) is 1.10. The number of hydrogen-bond donors (Lipinski definition) is 0. The molecule has 1 aliphatic heterocycles. The van der Waals surface area contributed by atoms with Crippen LogP contribution >= 0.6 is 0 Å². The number of nitrogens with zero attached hydrogens (tertiary/aromatic N) is 1. The molecule has 1 nitrogen and oxygen atoms in total. The Bertz CT molecular complexity index is 44.9. The zero-order chi connectivity index (χ0) is 3.54. The van der Waals surface area contributed by atoms with Gasteiger partial charge in [-0.2, -0.15) is 0 Å². The van der Waals surface area contributed by atoms with Crippen LogP contribution in [0.2, 0.25) is 5.32 Å². The van der Waals surface area contributed by atoms with Crippen LogP contribution < -0.4 is 0 Å². The topological polar surface area (TPSA) is 12.4 Å². The second-order valence-corrected chi connectivity index (χ2v) is 2.88. The van der Waals surface area contributed by atoms with E-state index in [0.29, 0.717) is 0 Å². The molecule has 0 radical (unpaired) electrons. The molecule has 0 saturated carbocycles. The fraction of sp³-hybridized carbons (Fsp3) is 0.667. The Labute approximate surface area is 37.6 Å². The van der Waals surface area contributed by atoms with E-state index in [0.717, 1.165) is 21.5 Å². The van der Waals surface area contributed by atoms with Crippen molar-refractivity contribution in [3.8, 4) is 0 Å². The van der Waals surface area contributed by atoms with Crippen molar-refractivity contribution in [2.24, 2.45) is 4.99 Å². The van der Waals surface area contributed by atoms with Crippen LogP contribution in [-0.4, -0.2) is 26.6 Å². The van der Waals surface area contributed by atoms with E-state index in [-0.39, 0.29) is 0 Å². The first-order chi connectivity index (χ1) is 2.50. The molecule has 0 unspecified atom stereocenters. The van der Waals surface area contributed by atoms with Crippen molar-refractivity contribution in [3.05, 3.63) is 0 Å². The van der Waals surface area contributed by atoms with Crippen molar-refractivity contribution in [1.29, 1.82) is 0 Å². The molecular formula is C3H5NSe.